The predicted molar refractivity (Wildman–Crippen MR) is 236 cm³/mol. The molecule has 0 saturated heterocycles. The monoisotopic (exact) mass is 770 g/mol. The van der Waals surface area contributed by atoms with Gasteiger partial charge in [0.15, 0.2) is 17.5 Å². The first-order chi connectivity index (χ1) is 29.5. The number of rotatable bonds is 7. The van der Waals surface area contributed by atoms with Gasteiger partial charge in [-0.2, -0.15) is 10.5 Å². The summed E-state index contributed by atoms with van der Waals surface area (Å²) in [6.07, 6.45) is 0. The first kappa shape index (κ1) is 35.9. The fraction of sp³-hybridized carbons (Fsp3) is 0. The predicted octanol–water partition coefficient (Wildman–Crippen LogP) is 12.9. The fourth-order valence-corrected chi connectivity index (χ4v) is 7.81. The molecular formula is C53H31FN6. The lowest BCUT2D eigenvalue weighted by molar-refractivity contribution is 0.631. The van der Waals surface area contributed by atoms with Crippen molar-refractivity contribution in [2.24, 2.45) is 0 Å². The lowest BCUT2D eigenvalue weighted by Crippen LogP contribution is -2.04. The summed E-state index contributed by atoms with van der Waals surface area (Å²) in [5, 5.41) is 21.1. The van der Waals surface area contributed by atoms with Gasteiger partial charge in [0.2, 0.25) is 0 Å². The Morgan fingerprint density at radius 1 is 0.383 bits per heavy atom. The van der Waals surface area contributed by atoms with E-state index in [1.54, 1.807) is 12.1 Å². The van der Waals surface area contributed by atoms with E-state index in [0.29, 0.717) is 39.7 Å². The van der Waals surface area contributed by atoms with Gasteiger partial charge in [0.1, 0.15) is 5.82 Å². The molecule has 2 aromatic heterocycles. The third-order valence-electron chi connectivity index (χ3n) is 10.8. The molecule has 7 heteroatoms. The number of nitriles is 2. The van der Waals surface area contributed by atoms with Crippen LogP contribution in [0.15, 0.2) is 188 Å². The summed E-state index contributed by atoms with van der Waals surface area (Å²) >= 11 is 0. The van der Waals surface area contributed by atoms with Crippen LogP contribution in [0.5, 0.6) is 0 Å². The van der Waals surface area contributed by atoms with E-state index < -0.39 is 0 Å². The van der Waals surface area contributed by atoms with E-state index in [1.807, 2.05) is 133 Å². The highest BCUT2D eigenvalue weighted by Crippen LogP contribution is 2.41. The third kappa shape index (κ3) is 6.53. The molecular weight excluding hydrogens is 740 g/mol. The van der Waals surface area contributed by atoms with E-state index in [9.17, 15) is 10.5 Å². The lowest BCUT2D eigenvalue weighted by atomic mass is 10.0. The zero-order chi connectivity index (χ0) is 40.6. The number of hydrogen-bond acceptors (Lipinski definition) is 5. The smallest absolute Gasteiger partial charge is 0.166 e. The molecule has 0 aliphatic carbocycles. The van der Waals surface area contributed by atoms with Crippen molar-refractivity contribution in [3.05, 3.63) is 205 Å². The van der Waals surface area contributed by atoms with Gasteiger partial charge in [-0.3, -0.25) is 0 Å². The largest absolute Gasteiger partial charge is 0.308 e. The number of hydrogen-bond donors (Lipinski definition) is 0. The first-order valence-electron chi connectivity index (χ1n) is 19.4. The third-order valence-corrected chi connectivity index (χ3v) is 10.8. The normalized spacial score (nSPS) is 11.1. The van der Waals surface area contributed by atoms with Crippen molar-refractivity contribution in [2.75, 3.05) is 0 Å². The molecule has 60 heavy (non-hydrogen) atoms. The average molecular weight is 771 g/mol. The van der Waals surface area contributed by atoms with Gasteiger partial charge in [-0.05, 0) is 82.4 Å². The minimum Gasteiger partial charge on any atom is -0.308 e. The van der Waals surface area contributed by atoms with E-state index in [-0.39, 0.29) is 5.82 Å². The molecule has 0 aliphatic rings. The Balaban J connectivity index is 1.30. The zero-order valence-electron chi connectivity index (χ0n) is 32.0. The van der Waals surface area contributed by atoms with Gasteiger partial charge in [-0.1, -0.05) is 133 Å². The van der Waals surface area contributed by atoms with E-state index in [0.717, 1.165) is 66.4 Å². The summed E-state index contributed by atoms with van der Waals surface area (Å²) in [6, 6.07) is 64.8. The van der Waals surface area contributed by atoms with Crippen molar-refractivity contribution < 1.29 is 4.39 Å². The minimum atomic E-state index is -0.331. The molecule has 0 bridgehead atoms. The molecule has 10 rings (SSSR count). The molecule has 0 saturated carbocycles. The molecule has 0 atom stereocenters. The standard InChI is InChI=1S/C53H31FN6/c54-47-14-8-7-13-43(47)42-25-28-46(53-58-51(38-9-3-1-4-10-38)57-52(59-53)39-11-5-2-6-12-39)50(31-42)60-48-29-40(36-19-15-34(32-55)16-20-36)23-26-44(48)45-27-24-41(30-49(45)60)37-21-17-35(33-56)18-22-37/h1-31H. The summed E-state index contributed by atoms with van der Waals surface area (Å²) < 4.78 is 17.9. The average Bonchev–Trinajstić information content (AvgIpc) is 3.64. The number of fused-ring (bicyclic) bond motifs is 3. The Bertz CT molecular complexity index is 3150. The zero-order valence-corrected chi connectivity index (χ0v) is 32.0. The molecule has 0 aliphatic heterocycles. The number of benzene rings is 8. The molecule has 2 heterocycles. The van der Waals surface area contributed by atoms with E-state index in [1.165, 1.54) is 6.07 Å². The highest BCUT2D eigenvalue weighted by molar-refractivity contribution is 6.11. The Labute approximate surface area is 345 Å². The van der Waals surface area contributed by atoms with Crippen LogP contribution in [0, 0.1) is 28.5 Å². The highest BCUT2D eigenvalue weighted by Gasteiger charge is 2.22. The van der Waals surface area contributed by atoms with Crippen molar-refractivity contribution in [1.82, 2.24) is 19.5 Å². The maximum atomic E-state index is 15.7. The van der Waals surface area contributed by atoms with Crippen LogP contribution < -0.4 is 0 Å². The molecule has 8 aromatic carbocycles. The molecule has 0 unspecified atom stereocenters. The van der Waals surface area contributed by atoms with E-state index >= 15 is 4.39 Å². The first-order valence-corrected chi connectivity index (χ1v) is 19.4. The van der Waals surface area contributed by atoms with Gasteiger partial charge in [-0.15, -0.1) is 0 Å². The van der Waals surface area contributed by atoms with Crippen molar-refractivity contribution >= 4 is 21.8 Å². The van der Waals surface area contributed by atoms with E-state index in [2.05, 4.69) is 53.1 Å². The number of nitrogens with zero attached hydrogens (tertiary/aromatic N) is 6. The van der Waals surface area contributed by atoms with Crippen LogP contribution >= 0.6 is 0 Å². The Hall–Kier alpha value is -8.52. The Kier molecular flexibility index (Phi) is 9.02. The minimum absolute atomic E-state index is 0.331. The van der Waals surface area contributed by atoms with Crippen molar-refractivity contribution in [2.45, 2.75) is 0 Å². The molecule has 0 amide bonds. The van der Waals surface area contributed by atoms with Crippen LogP contribution in [-0.2, 0) is 0 Å². The van der Waals surface area contributed by atoms with Gasteiger partial charge in [-0.25, -0.2) is 19.3 Å². The summed E-state index contributed by atoms with van der Waals surface area (Å²) in [5.41, 5.74) is 11.2. The van der Waals surface area contributed by atoms with Crippen LogP contribution in [0.2, 0.25) is 0 Å². The Morgan fingerprint density at radius 3 is 1.33 bits per heavy atom. The van der Waals surface area contributed by atoms with Gasteiger partial charge in [0.25, 0.3) is 0 Å². The maximum Gasteiger partial charge on any atom is 0.166 e. The van der Waals surface area contributed by atoms with Crippen LogP contribution in [-0.4, -0.2) is 19.5 Å². The topological polar surface area (TPSA) is 91.2 Å². The van der Waals surface area contributed by atoms with Crippen molar-refractivity contribution in [1.29, 1.82) is 10.5 Å². The second-order valence-corrected chi connectivity index (χ2v) is 14.4. The summed E-state index contributed by atoms with van der Waals surface area (Å²) in [6.45, 7) is 0. The molecule has 0 radical (unpaired) electrons. The van der Waals surface area contributed by atoms with Crippen molar-refractivity contribution in [3.8, 4) is 85.4 Å². The SMILES string of the molecule is N#Cc1ccc(-c2ccc3c4ccc(-c5ccc(C#N)cc5)cc4n(-c4cc(-c5ccccc5F)ccc4-c4nc(-c5ccccc5)nc(-c5ccccc5)n4)c3c2)cc1. The second-order valence-electron chi connectivity index (χ2n) is 14.4. The van der Waals surface area contributed by atoms with E-state index in [4.69, 9.17) is 15.0 Å². The molecule has 0 N–H and O–H groups in total. The van der Waals surface area contributed by atoms with Gasteiger partial charge < -0.3 is 4.57 Å². The highest BCUT2D eigenvalue weighted by atomic mass is 19.1. The van der Waals surface area contributed by atoms with Gasteiger partial charge in [0, 0.05) is 33.0 Å². The summed E-state index contributed by atoms with van der Waals surface area (Å²) in [4.78, 5) is 15.3. The quantitative estimate of drug-likeness (QED) is 0.161. The molecule has 0 spiro atoms. The van der Waals surface area contributed by atoms with Crippen LogP contribution in [0.3, 0.4) is 0 Å². The maximum absolute atomic E-state index is 15.7. The van der Waals surface area contributed by atoms with Crippen LogP contribution in [0.1, 0.15) is 11.1 Å². The molecule has 6 nitrogen and oxygen atoms in total. The summed E-state index contributed by atoms with van der Waals surface area (Å²) in [5.74, 6) is 1.18. The lowest BCUT2D eigenvalue weighted by Gasteiger charge is -2.17. The van der Waals surface area contributed by atoms with Gasteiger partial charge in [0.05, 0.1) is 40.0 Å². The number of halogens is 1. The van der Waals surface area contributed by atoms with Crippen LogP contribution in [0.25, 0.3) is 95.0 Å². The fourth-order valence-electron chi connectivity index (χ4n) is 7.81. The van der Waals surface area contributed by atoms with Crippen LogP contribution in [0.4, 0.5) is 4.39 Å². The Morgan fingerprint density at radius 2 is 0.833 bits per heavy atom. The van der Waals surface area contributed by atoms with Gasteiger partial charge >= 0.3 is 0 Å². The molecule has 0 fully saturated rings. The number of aromatic nitrogens is 4. The second kappa shape index (κ2) is 15.1. The molecule has 280 valence electrons. The van der Waals surface area contributed by atoms with Crippen molar-refractivity contribution in [3.63, 3.8) is 0 Å². The summed E-state index contributed by atoms with van der Waals surface area (Å²) in [7, 11) is 0. The molecule has 10 aromatic rings.